The van der Waals surface area contributed by atoms with E-state index in [1.165, 1.54) is 0 Å². The first-order valence-electron chi connectivity index (χ1n) is 8.39. The molecule has 1 N–H and O–H groups in total. The summed E-state index contributed by atoms with van der Waals surface area (Å²) in [4.78, 5) is 0. The molecule has 7 nitrogen and oxygen atoms in total. The average Bonchev–Trinajstić information content (AvgIpc) is 3.20. The number of fused-ring (bicyclic) bond motifs is 1. The van der Waals surface area contributed by atoms with Crippen molar-refractivity contribution in [1.29, 1.82) is 0 Å². The standard InChI is InChI=1S/C19H18N6OS/c1-12-10-13(2)24(23-12)18-21-22-19(27)25(18)20-11-16-15-7-5-4-6-14(15)8-9-17(16)26-3/h4-11H,1-3H3,(H,22,27). The minimum absolute atomic E-state index is 0.382. The van der Waals surface area contributed by atoms with Gasteiger partial charge in [0.2, 0.25) is 4.77 Å². The molecule has 0 aliphatic carbocycles. The van der Waals surface area contributed by atoms with Gasteiger partial charge in [0.1, 0.15) is 5.75 Å². The van der Waals surface area contributed by atoms with Gasteiger partial charge in [0.05, 0.1) is 19.0 Å². The number of nitrogens with zero attached hydrogens (tertiary/aromatic N) is 5. The topological polar surface area (TPSA) is 73.0 Å². The van der Waals surface area contributed by atoms with Gasteiger partial charge in [-0.1, -0.05) is 30.3 Å². The number of nitrogens with one attached hydrogen (secondary N) is 1. The summed E-state index contributed by atoms with van der Waals surface area (Å²) in [5, 5.41) is 18.2. The highest BCUT2D eigenvalue weighted by Gasteiger charge is 2.12. The van der Waals surface area contributed by atoms with Crippen LogP contribution in [-0.4, -0.2) is 38.0 Å². The van der Waals surface area contributed by atoms with Crippen LogP contribution < -0.4 is 4.74 Å². The summed E-state index contributed by atoms with van der Waals surface area (Å²) in [5.41, 5.74) is 2.71. The summed E-state index contributed by atoms with van der Waals surface area (Å²) >= 11 is 5.35. The van der Waals surface area contributed by atoms with Gasteiger partial charge in [-0.3, -0.25) is 0 Å². The molecule has 0 bridgehead atoms. The second-order valence-corrected chi connectivity index (χ2v) is 6.51. The summed E-state index contributed by atoms with van der Waals surface area (Å²) < 4.78 is 9.17. The molecule has 0 aliphatic heterocycles. The third kappa shape index (κ3) is 3.04. The molecule has 0 saturated heterocycles. The van der Waals surface area contributed by atoms with Gasteiger partial charge in [0.15, 0.2) is 0 Å². The molecule has 2 aromatic carbocycles. The Labute approximate surface area is 160 Å². The van der Waals surface area contributed by atoms with Gasteiger partial charge in [0, 0.05) is 11.3 Å². The molecule has 0 atom stereocenters. The monoisotopic (exact) mass is 378 g/mol. The Morgan fingerprint density at radius 2 is 2.00 bits per heavy atom. The maximum Gasteiger partial charge on any atom is 0.271 e. The number of aryl methyl sites for hydroxylation is 2. The summed E-state index contributed by atoms with van der Waals surface area (Å²) in [7, 11) is 1.65. The number of aromatic amines is 1. The highest BCUT2D eigenvalue weighted by atomic mass is 32.1. The molecule has 2 aromatic heterocycles. The van der Waals surface area contributed by atoms with Crippen molar-refractivity contribution < 1.29 is 4.74 Å². The van der Waals surface area contributed by atoms with E-state index in [0.29, 0.717) is 10.7 Å². The second-order valence-electron chi connectivity index (χ2n) is 6.13. The Balaban J connectivity index is 1.86. The first-order valence-corrected chi connectivity index (χ1v) is 8.80. The molecule has 136 valence electrons. The van der Waals surface area contributed by atoms with Crippen LogP contribution in [0.1, 0.15) is 17.0 Å². The van der Waals surface area contributed by atoms with Crippen LogP contribution in [0.2, 0.25) is 0 Å². The molecular weight excluding hydrogens is 360 g/mol. The van der Waals surface area contributed by atoms with Gasteiger partial charge in [-0.2, -0.15) is 14.9 Å². The molecule has 27 heavy (non-hydrogen) atoms. The Morgan fingerprint density at radius 1 is 1.19 bits per heavy atom. The quantitative estimate of drug-likeness (QED) is 0.433. The van der Waals surface area contributed by atoms with Crippen LogP contribution in [0, 0.1) is 18.6 Å². The minimum Gasteiger partial charge on any atom is -0.496 e. The van der Waals surface area contributed by atoms with Gasteiger partial charge >= 0.3 is 0 Å². The molecule has 4 aromatic rings. The molecule has 2 heterocycles. The Hall–Kier alpha value is -3.26. The van der Waals surface area contributed by atoms with E-state index in [2.05, 4.69) is 26.5 Å². The Bertz CT molecular complexity index is 1220. The molecule has 0 unspecified atom stereocenters. The van der Waals surface area contributed by atoms with E-state index in [0.717, 1.165) is 33.5 Å². The summed E-state index contributed by atoms with van der Waals surface area (Å²) in [6.45, 7) is 3.89. The van der Waals surface area contributed by atoms with E-state index in [1.807, 2.05) is 50.2 Å². The number of H-pyrrole nitrogens is 1. The average molecular weight is 378 g/mol. The minimum atomic E-state index is 0.382. The van der Waals surface area contributed by atoms with E-state index < -0.39 is 0 Å². The van der Waals surface area contributed by atoms with Crippen LogP contribution in [0.15, 0.2) is 47.6 Å². The molecule has 0 fully saturated rings. The number of rotatable bonds is 4. The van der Waals surface area contributed by atoms with E-state index in [-0.39, 0.29) is 0 Å². The summed E-state index contributed by atoms with van der Waals surface area (Å²) in [6.07, 6.45) is 1.74. The van der Waals surface area contributed by atoms with Crippen molar-refractivity contribution in [2.45, 2.75) is 13.8 Å². The molecule has 0 spiro atoms. The molecular formula is C19H18N6OS. The molecule has 0 saturated carbocycles. The predicted molar refractivity (Wildman–Crippen MR) is 107 cm³/mol. The van der Waals surface area contributed by atoms with Gasteiger partial charge in [-0.25, -0.2) is 9.78 Å². The van der Waals surface area contributed by atoms with Gasteiger partial charge in [-0.05, 0) is 49.0 Å². The summed E-state index contributed by atoms with van der Waals surface area (Å²) in [6, 6.07) is 14.0. The first-order chi connectivity index (χ1) is 13.1. The van der Waals surface area contributed by atoms with Crippen LogP contribution in [0.3, 0.4) is 0 Å². The molecule has 4 rings (SSSR count). The van der Waals surface area contributed by atoms with Gasteiger partial charge in [-0.15, -0.1) is 5.10 Å². The van der Waals surface area contributed by atoms with Crippen LogP contribution in [-0.2, 0) is 0 Å². The molecule has 0 amide bonds. The number of benzene rings is 2. The lowest BCUT2D eigenvalue weighted by Crippen LogP contribution is -2.07. The second kappa shape index (κ2) is 6.81. The number of ether oxygens (including phenoxy) is 1. The van der Waals surface area contributed by atoms with E-state index in [1.54, 1.807) is 22.7 Å². The van der Waals surface area contributed by atoms with E-state index in [9.17, 15) is 0 Å². The lowest BCUT2D eigenvalue weighted by atomic mass is 10.0. The van der Waals surface area contributed by atoms with Crippen molar-refractivity contribution >= 4 is 29.2 Å². The number of hydrogen-bond donors (Lipinski definition) is 1. The maximum absolute atomic E-state index is 5.52. The zero-order valence-corrected chi connectivity index (χ0v) is 16.0. The van der Waals surface area contributed by atoms with Crippen LogP contribution >= 0.6 is 12.2 Å². The van der Waals surface area contributed by atoms with Crippen molar-refractivity contribution in [3.8, 4) is 11.7 Å². The van der Waals surface area contributed by atoms with Gasteiger partial charge in [0.25, 0.3) is 5.95 Å². The normalized spacial score (nSPS) is 11.5. The fraction of sp³-hybridized carbons (Fsp3) is 0.158. The van der Waals surface area contributed by atoms with Crippen molar-refractivity contribution in [1.82, 2.24) is 24.7 Å². The third-order valence-electron chi connectivity index (χ3n) is 4.29. The third-order valence-corrected chi connectivity index (χ3v) is 4.55. The Kier molecular flexibility index (Phi) is 4.33. The van der Waals surface area contributed by atoms with Crippen LogP contribution in [0.4, 0.5) is 0 Å². The zero-order valence-electron chi connectivity index (χ0n) is 15.2. The van der Waals surface area contributed by atoms with Crippen molar-refractivity contribution in [3.63, 3.8) is 0 Å². The first kappa shape index (κ1) is 17.2. The SMILES string of the molecule is COc1ccc2ccccc2c1C=Nn1c(-n2nc(C)cc2C)n[nH]c1=S. The van der Waals surface area contributed by atoms with Crippen LogP contribution in [0.5, 0.6) is 5.75 Å². The lowest BCUT2D eigenvalue weighted by molar-refractivity contribution is 0.415. The number of methoxy groups -OCH3 is 1. The highest BCUT2D eigenvalue weighted by molar-refractivity contribution is 7.71. The number of hydrogen-bond acceptors (Lipinski definition) is 5. The molecule has 8 heteroatoms. The zero-order chi connectivity index (χ0) is 19.0. The largest absolute Gasteiger partial charge is 0.496 e. The fourth-order valence-electron chi connectivity index (χ4n) is 3.06. The number of aromatic nitrogens is 5. The van der Waals surface area contributed by atoms with Crippen LogP contribution in [0.25, 0.3) is 16.7 Å². The summed E-state index contributed by atoms with van der Waals surface area (Å²) in [5.74, 6) is 1.24. The fourth-order valence-corrected chi connectivity index (χ4v) is 3.23. The Morgan fingerprint density at radius 3 is 2.74 bits per heavy atom. The van der Waals surface area contributed by atoms with Gasteiger partial charge < -0.3 is 4.74 Å². The predicted octanol–water partition coefficient (Wildman–Crippen LogP) is 3.79. The van der Waals surface area contributed by atoms with Crippen molar-refractivity contribution in [3.05, 3.63) is 64.2 Å². The maximum atomic E-state index is 5.52. The molecule has 0 radical (unpaired) electrons. The highest BCUT2D eigenvalue weighted by Crippen LogP contribution is 2.26. The lowest BCUT2D eigenvalue weighted by Gasteiger charge is -2.08. The smallest absolute Gasteiger partial charge is 0.271 e. The van der Waals surface area contributed by atoms with E-state index in [4.69, 9.17) is 17.0 Å². The molecule has 0 aliphatic rings. The van der Waals surface area contributed by atoms with E-state index >= 15 is 0 Å². The van der Waals surface area contributed by atoms with Crippen molar-refractivity contribution in [2.24, 2.45) is 5.10 Å². The van der Waals surface area contributed by atoms with Crippen molar-refractivity contribution in [2.75, 3.05) is 7.11 Å².